The molecule has 1 heterocycles. The summed E-state index contributed by atoms with van der Waals surface area (Å²) in [5.74, 6) is -0.845. The predicted octanol–water partition coefficient (Wildman–Crippen LogP) is 0.571. The smallest absolute Gasteiger partial charge is 0.324 e. The number of alkyl halides is 3. The molecule has 1 aliphatic rings. The van der Waals surface area contributed by atoms with Gasteiger partial charge in [-0.05, 0) is 25.2 Å². The number of amides is 1. The molecule has 1 amide bonds. The Balaban J connectivity index is 2.34. The van der Waals surface area contributed by atoms with Crippen LogP contribution in [-0.4, -0.2) is 58.1 Å². The van der Waals surface area contributed by atoms with Crippen molar-refractivity contribution in [1.82, 2.24) is 14.9 Å². The van der Waals surface area contributed by atoms with Crippen LogP contribution in [0.5, 0.6) is 0 Å². The van der Waals surface area contributed by atoms with E-state index in [1.165, 1.54) is 25.2 Å². The standard InChI is InChI=1S/C13H16F3N3O3S/c1-17-23(21,22)10-4-2-3-9(7-10)12(20)19-6-5-18-8-11(19)13(14,15)16/h2-4,7,11,17-18H,5-6,8H2,1H3. The molecular formula is C13H16F3N3O3S. The Morgan fingerprint density at radius 2 is 2.09 bits per heavy atom. The average molecular weight is 351 g/mol. The third kappa shape index (κ3) is 3.82. The lowest BCUT2D eigenvalue weighted by atomic mass is 10.1. The van der Waals surface area contributed by atoms with Crippen LogP contribution in [0.15, 0.2) is 29.2 Å². The molecule has 1 unspecified atom stereocenters. The van der Waals surface area contributed by atoms with Crippen molar-refractivity contribution < 1.29 is 26.4 Å². The molecule has 1 aliphatic heterocycles. The van der Waals surface area contributed by atoms with Gasteiger partial charge in [-0.25, -0.2) is 13.1 Å². The van der Waals surface area contributed by atoms with Crippen molar-refractivity contribution in [1.29, 1.82) is 0 Å². The van der Waals surface area contributed by atoms with Gasteiger partial charge in [0.15, 0.2) is 0 Å². The molecule has 23 heavy (non-hydrogen) atoms. The van der Waals surface area contributed by atoms with Crippen molar-refractivity contribution in [3.8, 4) is 0 Å². The molecule has 2 N–H and O–H groups in total. The van der Waals surface area contributed by atoms with Gasteiger partial charge in [-0.15, -0.1) is 0 Å². The molecule has 1 aromatic rings. The Morgan fingerprint density at radius 3 is 2.70 bits per heavy atom. The van der Waals surface area contributed by atoms with E-state index in [1.54, 1.807) is 0 Å². The van der Waals surface area contributed by atoms with Gasteiger partial charge in [-0.1, -0.05) is 6.07 Å². The van der Waals surface area contributed by atoms with E-state index < -0.39 is 28.1 Å². The third-order valence-electron chi connectivity index (χ3n) is 3.54. The summed E-state index contributed by atoms with van der Waals surface area (Å²) in [6.45, 7) is -0.247. The summed E-state index contributed by atoms with van der Waals surface area (Å²) in [6, 6.07) is 3.02. The molecular weight excluding hydrogens is 335 g/mol. The molecule has 1 atom stereocenters. The quantitative estimate of drug-likeness (QED) is 0.835. The van der Waals surface area contributed by atoms with Crippen molar-refractivity contribution in [3.05, 3.63) is 29.8 Å². The van der Waals surface area contributed by atoms with Crippen LogP contribution in [0.25, 0.3) is 0 Å². The summed E-state index contributed by atoms with van der Waals surface area (Å²) >= 11 is 0. The number of hydrogen-bond donors (Lipinski definition) is 2. The minimum Gasteiger partial charge on any atom is -0.324 e. The molecule has 0 spiro atoms. The van der Waals surface area contributed by atoms with Gasteiger partial charge >= 0.3 is 6.18 Å². The Labute approximate surface area is 131 Å². The van der Waals surface area contributed by atoms with Crippen LogP contribution in [0.2, 0.25) is 0 Å². The zero-order chi connectivity index (χ0) is 17.3. The lowest BCUT2D eigenvalue weighted by Gasteiger charge is -2.37. The Bertz CT molecular complexity index is 691. The first-order chi connectivity index (χ1) is 10.7. The van der Waals surface area contributed by atoms with Crippen LogP contribution in [-0.2, 0) is 10.0 Å². The van der Waals surface area contributed by atoms with E-state index >= 15 is 0 Å². The highest BCUT2D eigenvalue weighted by Gasteiger charge is 2.46. The summed E-state index contributed by atoms with van der Waals surface area (Å²) in [4.78, 5) is 13.0. The molecule has 2 rings (SSSR count). The lowest BCUT2D eigenvalue weighted by Crippen LogP contribution is -2.59. The van der Waals surface area contributed by atoms with Gasteiger partial charge in [0.25, 0.3) is 5.91 Å². The number of piperazine rings is 1. The first-order valence-corrected chi connectivity index (χ1v) is 8.27. The summed E-state index contributed by atoms with van der Waals surface area (Å²) < 4.78 is 64.7. The fourth-order valence-corrected chi connectivity index (χ4v) is 3.10. The van der Waals surface area contributed by atoms with Gasteiger partial charge in [-0.2, -0.15) is 13.2 Å². The van der Waals surface area contributed by atoms with Crippen molar-refractivity contribution >= 4 is 15.9 Å². The highest BCUT2D eigenvalue weighted by atomic mass is 32.2. The van der Waals surface area contributed by atoms with Gasteiger partial charge in [-0.3, -0.25) is 4.79 Å². The van der Waals surface area contributed by atoms with E-state index in [9.17, 15) is 26.4 Å². The first-order valence-electron chi connectivity index (χ1n) is 6.79. The molecule has 0 saturated carbocycles. The monoisotopic (exact) mass is 351 g/mol. The maximum Gasteiger partial charge on any atom is 0.410 e. The van der Waals surface area contributed by atoms with Crippen LogP contribution in [0, 0.1) is 0 Å². The SMILES string of the molecule is CNS(=O)(=O)c1cccc(C(=O)N2CCNCC2C(F)(F)F)c1. The van der Waals surface area contributed by atoms with Crippen LogP contribution in [0.3, 0.4) is 0 Å². The van der Waals surface area contributed by atoms with Crippen molar-refractivity contribution in [2.45, 2.75) is 17.1 Å². The summed E-state index contributed by atoms with van der Waals surface area (Å²) in [6.07, 6.45) is -4.56. The normalized spacial score (nSPS) is 19.7. The second kappa shape index (κ2) is 6.46. The molecule has 1 fully saturated rings. The van der Waals surface area contributed by atoms with Crippen LogP contribution >= 0.6 is 0 Å². The van der Waals surface area contributed by atoms with E-state index in [4.69, 9.17) is 0 Å². The first kappa shape index (κ1) is 17.7. The fraction of sp³-hybridized carbons (Fsp3) is 0.462. The number of rotatable bonds is 3. The molecule has 10 heteroatoms. The number of benzene rings is 1. The van der Waals surface area contributed by atoms with E-state index in [-0.39, 0.29) is 30.1 Å². The molecule has 1 saturated heterocycles. The van der Waals surface area contributed by atoms with Gasteiger partial charge in [0.1, 0.15) is 6.04 Å². The number of nitrogens with zero attached hydrogens (tertiary/aromatic N) is 1. The fourth-order valence-electron chi connectivity index (χ4n) is 2.32. The Morgan fingerprint density at radius 1 is 1.39 bits per heavy atom. The molecule has 0 bridgehead atoms. The van der Waals surface area contributed by atoms with Gasteiger partial charge < -0.3 is 10.2 Å². The zero-order valence-electron chi connectivity index (χ0n) is 12.2. The summed E-state index contributed by atoms with van der Waals surface area (Å²) in [7, 11) is -2.57. The summed E-state index contributed by atoms with van der Waals surface area (Å²) in [5.41, 5.74) is -0.0996. The van der Waals surface area contributed by atoms with Crippen molar-refractivity contribution in [2.75, 3.05) is 26.7 Å². The van der Waals surface area contributed by atoms with Crippen molar-refractivity contribution in [3.63, 3.8) is 0 Å². The molecule has 6 nitrogen and oxygen atoms in total. The number of carbonyl (C=O) groups is 1. The molecule has 0 radical (unpaired) electrons. The number of nitrogens with one attached hydrogen (secondary N) is 2. The zero-order valence-corrected chi connectivity index (χ0v) is 13.0. The summed E-state index contributed by atoms with van der Waals surface area (Å²) in [5, 5.41) is 2.60. The third-order valence-corrected chi connectivity index (χ3v) is 4.95. The van der Waals surface area contributed by atoms with E-state index in [0.717, 1.165) is 11.0 Å². The van der Waals surface area contributed by atoms with Crippen LogP contribution < -0.4 is 10.0 Å². The number of sulfonamides is 1. The lowest BCUT2D eigenvalue weighted by molar-refractivity contribution is -0.179. The van der Waals surface area contributed by atoms with E-state index in [0.29, 0.717) is 0 Å². The largest absolute Gasteiger partial charge is 0.410 e. The Kier molecular flexibility index (Phi) is 4.97. The van der Waals surface area contributed by atoms with Gasteiger partial charge in [0.2, 0.25) is 10.0 Å². The number of carbonyl (C=O) groups excluding carboxylic acids is 1. The molecule has 128 valence electrons. The topological polar surface area (TPSA) is 78.5 Å². The average Bonchev–Trinajstić information content (AvgIpc) is 2.53. The second-order valence-electron chi connectivity index (χ2n) is 5.00. The highest BCUT2D eigenvalue weighted by Crippen LogP contribution is 2.27. The predicted molar refractivity (Wildman–Crippen MR) is 76.4 cm³/mol. The maximum atomic E-state index is 13.1. The Hall–Kier alpha value is -1.65. The van der Waals surface area contributed by atoms with Crippen LogP contribution in [0.4, 0.5) is 13.2 Å². The van der Waals surface area contributed by atoms with E-state index in [2.05, 4.69) is 10.0 Å². The second-order valence-corrected chi connectivity index (χ2v) is 6.88. The molecule has 1 aromatic carbocycles. The number of halogens is 3. The van der Waals surface area contributed by atoms with Crippen LogP contribution in [0.1, 0.15) is 10.4 Å². The van der Waals surface area contributed by atoms with E-state index in [1.807, 2.05) is 0 Å². The van der Waals surface area contributed by atoms with Crippen molar-refractivity contribution in [2.24, 2.45) is 0 Å². The minimum absolute atomic E-state index is 0.0996. The maximum absolute atomic E-state index is 13.1. The molecule has 0 aromatic heterocycles. The van der Waals surface area contributed by atoms with Gasteiger partial charge in [0, 0.05) is 25.2 Å². The number of hydrogen-bond acceptors (Lipinski definition) is 4. The highest BCUT2D eigenvalue weighted by molar-refractivity contribution is 7.89. The van der Waals surface area contributed by atoms with Gasteiger partial charge in [0.05, 0.1) is 4.90 Å². The minimum atomic E-state index is -4.56. The molecule has 0 aliphatic carbocycles.